The maximum Gasteiger partial charge on any atom is -0.00489 e. The average molecular weight is 688 g/mol. The SMILES string of the molecule is C1=Cc2cccc3cccc(c23)C1.CCCCCCCCCCCCCCCCCCNCCCCCCCCCCCCCCCCCC. The Morgan fingerprint density at radius 1 is 0.400 bits per heavy atom. The second-order valence-corrected chi connectivity index (χ2v) is 15.8. The third-order valence-electron chi connectivity index (χ3n) is 11.1. The van der Waals surface area contributed by atoms with Gasteiger partial charge in [0.15, 0.2) is 0 Å². The van der Waals surface area contributed by atoms with Crippen molar-refractivity contribution in [2.45, 2.75) is 226 Å². The van der Waals surface area contributed by atoms with Crippen molar-refractivity contribution in [3.05, 3.63) is 53.6 Å². The summed E-state index contributed by atoms with van der Waals surface area (Å²) in [4.78, 5) is 0. The minimum atomic E-state index is 1.08. The first kappa shape index (κ1) is 44.6. The van der Waals surface area contributed by atoms with Gasteiger partial charge in [-0.05, 0) is 54.3 Å². The fourth-order valence-corrected chi connectivity index (χ4v) is 7.79. The first-order valence-corrected chi connectivity index (χ1v) is 22.7. The fourth-order valence-electron chi connectivity index (χ4n) is 7.79. The Kier molecular flexibility index (Phi) is 30.7. The highest BCUT2D eigenvalue weighted by molar-refractivity contribution is 5.94. The molecule has 0 heterocycles. The van der Waals surface area contributed by atoms with Crippen LogP contribution in [-0.4, -0.2) is 13.1 Å². The topological polar surface area (TPSA) is 12.0 Å². The second kappa shape index (κ2) is 34.5. The number of hydrogen-bond acceptors (Lipinski definition) is 1. The van der Waals surface area contributed by atoms with Gasteiger partial charge in [-0.2, -0.15) is 0 Å². The van der Waals surface area contributed by atoms with Crippen LogP contribution >= 0.6 is 0 Å². The van der Waals surface area contributed by atoms with Crippen molar-refractivity contribution < 1.29 is 0 Å². The Hall–Kier alpha value is -1.60. The van der Waals surface area contributed by atoms with Crippen LogP contribution in [0.5, 0.6) is 0 Å². The highest BCUT2D eigenvalue weighted by Crippen LogP contribution is 2.28. The van der Waals surface area contributed by atoms with E-state index in [2.05, 4.69) is 67.7 Å². The van der Waals surface area contributed by atoms with Crippen LogP contribution in [0.25, 0.3) is 16.8 Å². The molecule has 2 aromatic rings. The molecule has 0 bridgehead atoms. The molecule has 0 saturated carbocycles. The van der Waals surface area contributed by atoms with Gasteiger partial charge in [-0.15, -0.1) is 0 Å². The molecule has 3 rings (SSSR count). The molecule has 0 spiro atoms. The molecule has 1 heteroatoms. The van der Waals surface area contributed by atoms with Crippen molar-refractivity contribution in [2.24, 2.45) is 0 Å². The van der Waals surface area contributed by atoms with Gasteiger partial charge in [-0.25, -0.2) is 0 Å². The maximum atomic E-state index is 3.68. The number of rotatable bonds is 34. The van der Waals surface area contributed by atoms with Crippen LogP contribution in [0.4, 0.5) is 0 Å². The molecule has 0 amide bonds. The largest absolute Gasteiger partial charge is 0.317 e. The molecule has 0 atom stereocenters. The zero-order chi connectivity index (χ0) is 35.4. The molecule has 0 radical (unpaired) electrons. The van der Waals surface area contributed by atoms with E-state index in [1.165, 1.54) is 240 Å². The average Bonchev–Trinajstić information content (AvgIpc) is 3.14. The van der Waals surface area contributed by atoms with Gasteiger partial charge < -0.3 is 5.32 Å². The first-order valence-electron chi connectivity index (χ1n) is 22.7. The highest BCUT2D eigenvalue weighted by atomic mass is 14.8. The molecule has 0 fully saturated rings. The smallest absolute Gasteiger partial charge is 0.00489 e. The van der Waals surface area contributed by atoms with Crippen molar-refractivity contribution in [1.29, 1.82) is 0 Å². The second-order valence-electron chi connectivity index (χ2n) is 15.8. The van der Waals surface area contributed by atoms with Gasteiger partial charge in [-0.1, -0.05) is 255 Å². The molecule has 50 heavy (non-hydrogen) atoms. The van der Waals surface area contributed by atoms with Crippen LogP contribution in [0.15, 0.2) is 42.5 Å². The minimum Gasteiger partial charge on any atom is -0.317 e. The Balaban J connectivity index is 0.000000540. The maximum absolute atomic E-state index is 3.68. The van der Waals surface area contributed by atoms with Crippen molar-refractivity contribution in [1.82, 2.24) is 5.32 Å². The van der Waals surface area contributed by atoms with E-state index in [4.69, 9.17) is 0 Å². The lowest BCUT2D eigenvalue weighted by atomic mass is 9.93. The van der Waals surface area contributed by atoms with E-state index >= 15 is 0 Å². The van der Waals surface area contributed by atoms with Gasteiger partial charge in [0, 0.05) is 0 Å². The molecule has 0 aliphatic heterocycles. The zero-order valence-electron chi connectivity index (χ0n) is 33.9. The summed E-state index contributed by atoms with van der Waals surface area (Å²) < 4.78 is 0. The van der Waals surface area contributed by atoms with E-state index in [1.54, 1.807) is 0 Å². The summed E-state index contributed by atoms with van der Waals surface area (Å²) in [7, 11) is 0. The monoisotopic (exact) mass is 688 g/mol. The molecule has 0 aromatic heterocycles. The lowest BCUT2D eigenvalue weighted by Crippen LogP contribution is -2.16. The van der Waals surface area contributed by atoms with Crippen molar-refractivity contribution >= 4 is 16.8 Å². The molecule has 286 valence electrons. The summed E-state index contributed by atoms with van der Waals surface area (Å²) in [6.07, 6.45) is 52.2. The van der Waals surface area contributed by atoms with Gasteiger partial charge in [0.2, 0.25) is 0 Å². The van der Waals surface area contributed by atoms with Gasteiger partial charge in [0.1, 0.15) is 0 Å². The molecule has 1 aliphatic carbocycles. The Morgan fingerprint density at radius 3 is 1.12 bits per heavy atom. The molecule has 0 unspecified atom stereocenters. The van der Waals surface area contributed by atoms with Crippen molar-refractivity contribution in [2.75, 3.05) is 13.1 Å². The predicted molar refractivity (Wildman–Crippen MR) is 229 cm³/mol. The molecular weight excluding hydrogens is 603 g/mol. The number of nitrogens with one attached hydrogen (secondary N) is 1. The van der Waals surface area contributed by atoms with E-state index in [1.807, 2.05) is 0 Å². The van der Waals surface area contributed by atoms with E-state index in [0.29, 0.717) is 0 Å². The lowest BCUT2D eigenvalue weighted by Gasteiger charge is -2.11. The van der Waals surface area contributed by atoms with Gasteiger partial charge >= 0.3 is 0 Å². The van der Waals surface area contributed by atoms with E-state index < -0.39 is 0 Å². The summed E-state index contributed by atoms with van der Waals surface area (Å²) >= 11 is 0. The quantitative estimate of drug-likeness (QED) is 0.0722. The third-order valence-corrected chi connectivity index (χ3v) is 11.1. The third kappa shape index (κ3) is 24.6. The van der Waals surface area contributed by atoms with Gasteiger partial charge in [0.25, 0.3) is 0 Å². The van der Waals surface area contributed by atoms with Crippen LogP contribution in [0.1, 0.15) is 230 Å². The number of allylic oxidation sites excluding steroid dienone is 1. The predicted octanol–water partition coefficient (Wildman–Crippen LogP) is 16.5. The molecule has 1 nitrogen and oxygen atoms in total. The lowest BCUT2D eigenvalue weighted by molar-refractivity contribution is 0.515. The first-order chi connectivity index (χ1) is 24.9. The molecular formula is C49H85N. The Labute approximate surface area is 313 Å². The summed E-state index contributed by atoms with van der Waals surface area (Å²) in [6.45, 7) is 7.11. The van der Waals surface area contributed by atoms with Crippen molar-refractivity contribution in [3.63, 3.8) is 0 Å². The number of benzene rings is 2. The normalized spacial score (nSPS) is 12.0. The molecule has 1 aliphatic rings. The molecule has 0 saturated heterocycles. The van der Waals surface area contributed by atoms with Crippen LogP contribution in [0, 0.1) is 0 Å². The standard InChI is InChI=1S/C36H75N.C13H10/c1-3-5-7-9-11-13-15-17-19-21-23-25-27-29-31-33-35-37-36-34-32-30-28-26-24-22-20-18-16-14-12-10-8-6-4-2;1-4-10-6-2-8-12-9-3-7-11(5-1)13(10)12/h37H,3-36H2,1-2H3;1-8H,9H2. The highest BCUT2D eigenvalue weighted by Gasteiger charge is 2.06. The Bertz CT molecular complexity index is 982. The van der Waals surface area contributed by atoms with Crippen molar-refractivity contribution in [3.8, 4) is 0 Å². The summed E-state index contributed by atoms with van der Waals surface area (Å²) in [5.41, 5.74) is 2.81. The van der Waals surface area contributed by atoms with Crippen LogP contribution in [-0.2, 0) is 6.42 Å². The van der Waals surface area contributed by atoms with Crippen LogP contribution < -0.4 is 5.32 Å². The van der Waals surface area contributed by atoms with E-state index in [9.17, 15) is 0 Å². The van der Waals surface area contributed by atoms with Gasteiger partial charge in [-0.3, -0.25) is 0 Å². The Morgan fingerprint density at radius 2 is 0.740 bits per heavy atom. The summed E-state index contributed by atoms with van der Waals surface area (Å²) in [5.74, 6) is 0. The van der Waals surface area contributed by atoms with Crippen LogP contribution in [0.2, 0.25) is 0 Å². The fraction of sp³-hybridized carbons (Fsp3) is 0.755. The number of hydrogen-bond donors (Lipinski definition) is 1. The van der Waals surface area contributed by atoms with E-state index in [-0.39, 0.29) is 0 Å². The molecule has 2 aromatic carbocycles. The molecule has 1 N–H and O–H groups in total. The summed E-state index contributed by atoms with van der Waals surface area (Å²) in [6, 6.07) is 13.0. The van der Waals surface area contributed by atoms with Gasteiger partial charge in [0.05, 0.1) is 0 Å². The minimum absolute atomic E-state index is 1.08. The zero-order valence-corrected chi connectivity index (χ0v) is 33.9. The number of unbranched alkanes of at least 4 members (excludes halogenated alkanes) is 30. The summed E-state index contributed by atoms with van der Waals surface area (Å²) in [5, 5.41) is 6.48. The van der Waals surface area contributed by atoms with E-state index in [0.717, 1.165) is 6.42 Å². The van der Waals surface area contributed by atoms with Crippen LogP contribution in [0.3, 0.4) is 0 Å².